The molecule has 0 aromatic carbocycles. The van der Waals surface area contributed by atoms with Gasteiger partial charge in [0.25, 0.3) is 11.5 Å². The van der Waals surface area contributed by atoms with Crippen LogP contribution in [0.3, 0.4) is 0 Å². The molecule has 2 aromatic heterocycles. The minimum Gasteiger partial charge on any atom is -0.353 e. The molecule has 0 bridgehead atoms. The van der Waals surface area contributed by atoms with E-state index in [9.17, 15) is 14.4 Å². The summed E-state index contributed by atoms with van der Waals surface area (Å²) in [6.07, 6.45) is 1.56. The molecule has 0 radical (unpaired) electrons. The van der Waals surface area contributed by atoms with Crippen LogP contribution in [-0.2, 0) is 11.3 Å². The minimum atomic E-state index is -0.270. The third-order valence-electron chi connectivity index (χ3n) is 2.69. The van der Waals surface area contributed by atoms with Crippen molar-refractivity contribution in [2.24, 2.45) is 0 Å². The zero-order chi connectivity index (χ0) is 15.1. The van der Waals surface area contributed by atoms with Gasteiger partial charge in [0.15, 0.2) is 0 Å². The van der Waals surface area contributed by atoms with Crippen molar-refractivity contribution in [2.45, 2.75) is 6.54 Å². The zero-order valence-electron chi connectivity index (χ0n) is 11.2. The van der Waals surface area contributed by atoms with E-state index in [1.807, 2.05) is 5.38 Å². The molecule has 2 amide bonds. The highest BCUT2D eigenvalue weighted by atomic mass is 32.1. The third-order valence-corrected chi connectivity index (χ3v) is 3.56. The van der Waals surface area contributed by atoms with Gasteiger partial charge in [0, 0.05) is 25.4 Å². The molecule has 2 heterocycles. The molecular formula is C14H15N3O3S. The Morgan fingerprint density at radius 3 is 2.62 bits per heavy atom. The van der Waals surface area contributed by atoms with Crippen LogP contribution in [-0.4, -0.2) is 29.5 Å². The van der Waals surface area contributed by atoms with Crippen molar-refractivity contribution in [2.75, 3.05) is 13.1 Å². The Bertz CT molecular complexity index is 664. The van der Waals surface area contributed by atoms with Crippen molar-refractivity contribution in [3.05, 3.63) is 57.1 Å². The summed E-state index contributed by atoms with van der Waals surface area (Å²) in [5, 5.41) is 7.18. The molecule has 6 nitrogen and oxygen atoms in total. The number of amides is 2. The highest BCUT2D eigenvalue weighted by molar-refractivity contribution is 7.12. The Hall–Kier alpha value is -2.41. The fraction of sp³-hybridized carbons (Fsp3) is 0.214. The van der Waals surface area contributed by atoms with Gasteiger partial charge in [0.1, 0.15) is 6.54 Å². The molecule has 0 aliphatic heterocycles. The molecular weight excluding hydrogens is 290 g/mol. The Morgan fingerprint density at radius 2 is 1.90 bits per heavy atom. The van der Waals surface area contributed by atoms with Crippen molar-refractivity contribution >= 4 is 23.2 Å². The maximum Gasteiger partial charge on any atom is 0.261 e. The quantitative estimate of drug-likeness (QED) is 0.761. The van der Waals surface area contributed by atoms with E-state index in [4.69, 9.17) is 0 Å². The van der Waals surface area contributed by atoms with E-state index in [0.717, 1.165) is 0 Å². The summed E-state index contributed by atoms with van der Waals surface area (Å²) >= 11 is 1.36. The fourth-order valence-corrected chi connectivity index (χ4v) is 2.31. The SMILES string of the molecule is O=C(Cn1ccccc1=O)NCCNC(=O)c1cccs1. The molecule has 2 N–H and O–H groups in total. The molecule has 0 saturated heterocycles. The molecule has 0 atom stereocenters. The smallest absolute Gasteiger partial charge is 0.261 e. The predicted molar refractivity (Wildman–Crippen MR) is 80.4 cm³/mol. The van der Waals surface area contributed by atoms with E-state index < -0.39 is 0 Å². The molecule has 7 heteroatoms. The lowest BCUT2D eigenvalue weighted by molar-refractivity contribution is -0.121. The fourth-order valence-electron chi connectivity index (χ4n) is 1.67. The largest absolute Gasteiger partial charge is 0.353 e. The van der Waals surface area contributed by atoms with Crippen molar-refractivity contribution in [3.8, 4) is 0 Å². The molecule has 110 valence electrons. The van der Waals surface area contributed by atoms with Crippen molar-refractivity contribution in [1.29, 1.82) is 0 Å². The van der Waals surface area contributed by atoms with Gasteiger partial charge in [-0.3, -0.25) is 14.4 Å². The highest BCUT2D eigenvalue weighted by Gasteiger charge is 2.06. The van der Waals surface area contributed by atoms with Crippen LogP contribution in [0.5, 0.6) is 0 Å². The molecule has 0 saturated carbocycles. The van der Waals surface area contributed by atoms with E-state index >= 15 is 0 Å². The molecule has 0 fully saturated rings. The summed E-state index contributed by atoms with van der Waals surface area (Å²) in [5.74, 6) is -0.424. The standard InChI is InChI=1S/C14H15N3O3S/c18-12(10-17-8-2-1-5-13(17)19)15-6-7-16-14(20)11-4-3-9-21-11/h1-5,8-9H,6-7,10H2,(H,15,18)(H,16,20). The van der Waals surface area contributed by atoms with E-state index in [-0.39, 0.29) is 23.9 Å². The zero-order valence-corrected chi connectivity index (χ0v) is 12.1. The second-order valence-corrected chi connectivity index (χ2v) is 5.20. The van der Waals surface area contributed by atoms with E-state index in [1.165, 1.54) is 22.0 Å². The number of carbonyl (C=O) groups is 2. The number of nitrogens with one attached hydrogen (secondary N) is 2. The molecule has 0 unspecified atom stereocenters. The Kier molecular flexibility index (Phi) is 5.28. The van der Waals surface area contributed by atoms with Gasteiger partial charge in [-0.1, -0.05) is 12.1 Å². The van der Waals surface area contributed by atoms with Gasteiger partial charge in [-0.2, -0.15) is 0 Å². The van der Waals surface area contributed by atoms with Gasteiger partial charge in [0.2, 0.25) is 5.91 Å². The van der Waals surface area contributed by atoms with Gasteiger partial charge in [0.05, 0.1) is 4.88 Å². The summed E-state index contributed by atoms with van der Waals surface area (Å²) < 4.78 is 1.32. The summed E-state index contributed by atoms with van der Waals surface area (Å²) in [6.45, 7) is 0.627. The maximum atomic E-state index is 11.7. The van der Waals surface area contributed by atoms with Crippen molar-refractivity contribution in [1.82, 2.24) is 15.2 Å². The summed E-state index contributed by atoms with van der Waals surface area (Å²) in [6, 6.07) is 8.25. The number of hydrogen-bond acceptors (Lipinski definition) is 4. The van der Waals surface area contributed by atoms with Gasteiger partial charge in [-0.05, 0) is 17.5 Å². The van der Waals surface area contributed by atoms with Crippen LogP contribution < -0.4 is 16.2 Å². The molecule has 21 heavy (non-hydrogen) atoms. The van der Waals surface area contributed by atoms with E-state index in [0.29, 0.717) is 18.0 Å². The predicted octanol–water partition coefficient (Wildman–Crippen LogP) is 0.456. The summed E-state index contributed by atoms with van der Waals surface area (Å²) in [4.78, 5) is 35.4. The number of aromatic nitrogens is 1. The first-order valence-electron chi connectivity index (χ1n) is 6.40. The highest BCUT2D eigenvalue weighted by Crippen LogP contribution is 2.07. The lowest BCUT2D eigenvalue weighted by Gasteiger charge is -2.07. The van der Waals surface area contributed by atoms with Gasteiger partial charge < -0.3 is 15.2 Å². The number of hydrogen-bond donors (Lipinski definition) is 2. The third kappa shape index (κ3) is 4.57. The normalized spacial score (nSPS) is 10.1. The maximum absolute atomic E-state index is 11.7. The van der Waals surface area contributed by atoms with Crippen molar-refractivity contribution < 1.29 is 9.59 Å². The number of pyridine rings is 1. The first-order chi connectivity index (χ1) is 10.2. The first kappa shape index (κ1) is 15.0. The number of carbonyl (C=O) groups excluding carboxylic acids is 2. The monoisotopic (exact) mass is 305 g/mol. The van der Waals surface area contributed by atoms with Gasteiger partial charge >= 0.3 is 0 Å². The Balaban J connectivity index is 1.69. The van der Waals surface area contributed by atoms with E-state index in [1.54, 1.807) is 30.5 Å². The van der Waals surface area contributed by atoms with Crippen LogP contribution in [0.15, 0.2) is 46.7 Å². The Morgan fingerprint density at radius 1 is 1.10 bits per heavy atom. The molecule has 0 spiro atoms. The average molecular weight is 305 g/mol. The second-order valence-electron chi connectivity index (χ2n) is 4.25. The van der Waals surface area contributed by atoms with Crippen LogP contribution in [0, 0.1) is 0 Å². The van der Waals surface area contributed by atoms with Crippen LogP contribution >= 0.6 is 11.3 Å². The lowest BCUT2D eigenvalue weighted by atomic mass is 10.4. The topological polar surface area (TPSA) is 80.2 Å². The summed E-state index contributed by atoms with van der Waals surface area (Å²) in [5.41, 5.74) is -0.223. The molecule has 0 aliphatic carbocycles. The lowest BCUT2D eigenvalue weighted by Crippen LogP contribution is -2.37. The van der Waals surface area contributed by atoms with Gasteiger partial charge in [-0.15, -0.1) is 11.3 Å². The minimum absolute atomic E-state index is 0.0292. The number of rotatable bonds is 6. The van der Waals surface area contributed by atoms with Crippen LogP contribution in [0.2, 0.25) is 0 Å². The molecule has 2 aromatic rings. The number of nitrogens with zero attached hydrogens (tertiary/aromatic N) is 1. The van der Waals surface area contributed by atoms with Crippen LogP contribution in [0.4, 0.5) is 0 Å². The second kappa shape index (κ2) is 7.39. The van der Waals surface area contributed by atoms with Gasteiger partial charge in [-0.25, -0.2) is 0 Å². The average Bonchev–Trinajstić information content (AvgIpc) is 3.00. The summed E-state index contributed by atoms with van der Waals surface area (Å²) in [7, 11) is 0. The Labute approximate surface area is 125 Å². The van der Waals surface area contributed by atoms with E-state index in [2.05, 4.69) is 10.6 Å². The van der Waals surface area contributed by atoms with Crippen molar-refractivity contribution in [3.63, 3.8) is 0 Å². The number of thiophene rings is 1. The van der Waals surface area contributed by atoms with Crippen LogP contribution in [0.25, 0.3) is 0 Å². The first-order valence-corrected chi connectivity index (χ1v) is 7.28. The molecule has 0 aliphatic rings. The van der Waals surface area contributed by atoms with Crippen LogP contribution in [0.1, 0.15) is 9.67 Å². The molecule has 2 rings (SSSR count).